The van der Waals surface area contributed by atoms with Crippen molar-refractivity contribution in [2.75, 3.05) is 39.1 Å². The summed E-state index contributed by atoms with van der Waals surface area (Å²) in [6, 6.07) is 11.9. The van der Waals surface area contributed by atoms with E-state index in [9.17, 15) is 24.0 Å². The molecule has 4 rings (SSSR count). The van der Waals surface area contributed by atoms with Crippen molar-refractivity contribution in [1.29, 1.82) is 0 Å². The molecule has 0 aliphatic carbocycles. The number of anilines is 1. The first-order chi connectivity index (χ1) is 18.3. The van der Waals surface area contributed by atoms with Gasteiger partial charge in [-0.25, -0.2) is 14.4 Å². The van der Waals surface area contributed by atoms with Crippen molar-refractivity contribution >= 4 is 35.4 Å². The maximum Gasteiger partial charge on any atom is 0.355 e. The van der Waals surface area contributed by atoms with Crippen molar-refractivity contribution in [3.8, 4) is 0 Å². The van der Waals surface area contributed by atoms with E-state index >= 15 is 0 Å². The lowest BCUT2D eigenvalue weighted by molar-refractivity contribution is -0.147. The Kier molecular flexibility index (Phi) is 7.87. The first kappa shape index (κ1) is 26.6. The number of benzene rings is 2. The molecule has 2 aromatic carbocycles. The molecule has 0 N–H and O–H groups in total. The van der Waals surface area contributed by atoms with Crippen LogP contribution in [0.4, 0.5) is 5.69 Å². The zero-order valence-corrected chi connectivity index (χ0v) is 21.1. The first-order valence-corrected chi connectivity index (χ1v) is 11.8. The standard InChI is InChI=1S/C27H26N2O9/c1-4-38-26(33)21(29-23(30)18-7-5-6-8-19(18)24(29)31)13-16-9-11-17(12-10-16)28-15-37-14-20(25(32)35-2)22(28)27(34)36-3/h5-12,21H,4,13-15H2,1-3H3. The highest BCUT2D eigenvalue weighted by Gasteiger charge is 2.43. The lowest BCUT2D eigenvalue weighted by Gasteiger charge is -2.31. The molecule has 0 fully saturated rings. The van der Waals surface area contributed by atoms with Crippen molar-refractivity contribution in [1.82, 2.24) is 4.90 Å². The van der Waals surface area contributed by atoms with E-state index in [2.05, 4.69) is 0 Å². The second kappa shape index (κ2) is 11.3. The summed E-state index contributed by atoms with van der Waals surface area (Å²) in [6.07, 6.45) is 0.00813. The van der Waals surface area contributed by atoms with Gasteiger partial charge in [-0.05, 0) is 36.8 Å². The molecular weight excluding hydrogens is 496 g/mol. The number of amides is 2. The lowest BCUT2D eigenvalue weighted by Crippen LogP contribution is -2.47. The summed E-state index contributed by atoms with van der Waals surface area (Å²) in [5.74, 6) is -3.27. The third-order valence-corrected chi connectivity index (χ3v) is 6.21. The maximum atomic E-state index is 13.0. The molecule has 198 valence electrons. The smallest absolute Gasteiger partial charge is 0.355 e. The van der Waals surface area contributed by atoms with Crippen molar-refractivity contribution in [3.05, 3.63) is 76.5 Å². The van der Waals surface area contributed by atoms with Crippen LogP contribution in [-0.4, -0.2) is 74.8 Å². The highest BCUT2D eigenvalue weighted by atomic mass is 16.5. The Hall–Kier alpha value is -4.51. The van der Waals surface area contributed by atoms with Gasteiger partial charge in [-0.2, -0.15) is 0 Å². The van der Waals surface area contributed by atoms with Crippen LogP contribution in [0.15, 0.2) is 59.8 Å². The van der Waals surface area contributed by atoms with Crippen molar-refractivity contribution in [2.24, 2.45) is 0 Å². The van der Waals surface area contributed by atoms with Crippen molar-refractivity contribution in [3.63, 3.8) is 0 Å². The van der Waals surface area contributed by atoms with Crippen LogP contribution in [0.25, 0.3) is 0 Å². The predicted molar refractivity (Wildman–Crippen MR) is 132 cm³/mol. The summed E-state index contributed by atoms with van der Waals surface area (Å²) in [7, 11) is 2.40. The molecule has 0 saturated heterocycles. The first-order valence-electron chi connectivity index (χ1n) is 11.8. The zero-order valence-electron chi connectivity index (χ0n) is 21.1. The Labute approximate surface area is 218 Å². The number of imide groups is 1. The van der Waals surface area contributed by atoms with Gasteiger partial charge in [-0.3, -0.25) is 14.5 Å². The van der Waals surface area contributed by atoms with Crippen LogP contribution < -0.4 is 4.90 Å². The van der Waals surface area contributed by atoms with E-state index in [1.807, 2.05) is 0 Å². The molecular formula is C27H26N2O9. The third kappa shape index (κ3) is 4.88. The van der Waals surface area contributed by atoms with E-state index in [4.69, 9.17) is 18.9 Å². The summed E-state index contributed by atoms with van der Waals surface area (Å²) in [5, 5.41) is 0. The fourth-order valence-corrected chi connectivity index (χ4v) is 4.39. The number of fused-ring (bicyclic) bond motifs is 1. The largest absolute Gasteiger partial charge is 0.466 e. The van der Waals surface area contributed by atoms with Gasteiger partial charge in [-0.1, -0.05) is 24.3 Å². The number of methoxy groups -OCH3 is 2. The number of hydrogen-bond donors (Lipinski definition) is 0. The van der Waals surface area contributed by atoms with E-state index < -0.39 is 35.8 Å². The van der Waals surface area contributed by atoms with Gasteiger partial charge in [0.25, 0.3) is 11.8 Å². The van der Waals surface area contributed by atoms with Crippen LogP contribution in [0.5, 0.6) is 0 Å². The number of nitrogens with zero attached hydrogens (tertiary/aromatic N) is 2. The number of carbonyl (C=O) groups excluding carboxylic acids is 5. The highest BCUT2D eigenvalue weighted by molar-refractivity contribution is 6.22. The molecule has 2 heterocycles. The minimum absolute atomic E-state index is 0.00576. The number of carbonyl (C=O) groups is 5. The quantitative estimate of drug-likeness (QED) is 0.288. The summed E-state index contributed by atoms with van der Waals surface area (Å²) >= 11 is 0. The summed E-state index contributed by atoms with van der Waals surface area (Å²) in [5.41, 5.74) is 1.60. The summed E-state index contributed by atoms with van der Waals surface area (Å²) in [6.45, 7) is 1.58. The molecule has 0 saturated carbocycles. The lowest BCUT2D eigenvalue weighted by atomic mass is 10.0. The zero-order chi connectivity index (χ0) is 27.4. The summed E-state index contributed by atoms with van der Waals surface area (Å²) in [4.78, 5) is 66.1. The highest BCUT2D eigenvalue weighted by Crippen LogP contribution is 2.29. The molecule has 11 heteroatoms. The molecule has 11 nitrogen and oxygen atoms in total. The number of esters is 3. The molecule has 1 unspecified atom stereocenters. The average molecular weight is 523 g/mol. The average Bonchev–Trinajstić information content (AvgIpc) is 3.20. The monoisotopic (exact) mass is 522 g/mol. The number of ether oxygens (including phenoxy) is 4. The van der Waals surface area contributed by atoms with Gasteiger partial charge in [0.2, 0.25) is 0 Å². The second-order valence-corrected chi connectivity index (χ2v) is 8.38. The SMILES string of the molecule is CCOC(=O)C(Cc1ccc(N2COCC(C(=O)OC)=C2C(=O)OC)cc1)N1C(=O)c2ccccc2C1=O. The van der Waals surface area contributed by atoms with Crippen LogP contribution in [0, 0.1) is 0 Å². The van der Waals surface area contributed by atoms with Crippen LogP contribution in [0.3, 0.4) is 0 Å². The number of rotatable bonds is 8. The fraction of sp³-hybridized carbons (Fsp3) is 0.296. The van der Waals surface area contributed by atoms with Gasteiger partial charge >= 0.3 is 17.9 Å². The van der Waals surface area contributed by atoms with Gasteiger partial charge in [0.1, 0.15) is 18.5 Å². The Bertz CT molecular complexity index is 1280. The molecule has 2 aromatic rings. The molecule has 0 aromatic heterocycles. The molecule has 1 atom stereocenters. The summed E-state index contributed by atoms with van der Waals surface area (Å²) < 4.78 is 20.3. The van der Waals surface area contributed by atoms with Crippen LogP contribution in [0.1, 0.15) is 33.2 Å². The molecule has 2 aliphatic rings. The molecule has 0 radical (unpaired) electrons. The predicted octanol–water partition coefficient (Wildman–Crippen LogP) is 1.85. The Morgan fingerprint density at radius 2 is 1.53 bits per heavy atom. The van der Waals surface area contributed by atoms with Gasteiger partial charge < -0.3 is 23.8 Å². The molecule has 2 amide bonds. The normalized spacial score (nSPS) is 15.8. The van der Waals surface area contributed by atoms with E-state index in [0.29, 0.717) is 11.3 Å². The van der Waals surface area contributed by atoms with Crippen LogP contribution >= 0.6 is 0 Å². The van der Waals surface area contributed by atoms with Gasteiger partial charge in [0.15, 0.2) is 0 Å². The Morgan fingerprint density at radius 3 is 2.08 bits per heavy atom. The van der Waals surface area contributed by atoms with E-state index in [1.165, 1.54) is 19.1 Å². The minimum atomic E-state index is -1.18. The molecule has 38 heavy (non-hydrogen) atoms. The topological polar surface area (TPSA) is 129 Å². The van der Waals surface area contributed by atoms with Gasteiger partial charge in [0, 0.05) is 12.1 Å². The second-order valence-electron chi connectivity index (χ2n) is 8.38. The van der Waals surface area contributed by atoms with E-state index in [1.54, 1.807) is 55.5 Å². The number of hydrogen-bond acceptors (Lipinski definition) is 10. The van der Waals surface area contributed by atoms with Crippen molar-refractivity contribution in [2.45, 2.75) is 19.4 Å². The molecule has 0 spiro atoms. The van der Waals surface area contributed by atoms with E-state index in [-0.39, 0.29) is 48.8 Å². The van der Waals surface area contributed by atoms with Crippen LogP contribution in [-0.2, 0) is 39.8 Å². The maximum absolute atomic E-state index is 13.0. The van der Waals surface area contributed by atoms with Gasteiger partial charge in [-0.15, -0.1) is 0 Å². The van der Waals surface area contributed by atoms with E-state index in [0.717, 1.165) is 4.90 Å². The fourth-order valence-electron chi connectivity index (χ4n) is 4.39. The van der Waals surface area contributed by atoms with Crippen molar-refractivity contribution < 1.29 is 42.9 Å². The third-order valence-electron chi connectivity index (χ3n) is 6.21. The molecule has 2 aliphatic heterocycles. The Morgan fingerprint density at radius 1 is 0.921 bits per heavy atom. The minimum Gasteiger partial charge on any atom is -0.466 e. The van der Waals surface area contributed by atoms with Gasteiger partial charge in [0.05, 0.1) is 44.1 Å². The molecule has 0 bridgehead atoms. The Balaban J connectivity index is 1.63. The van der Waals surface area contributed by atoms with Crippen LogP contribution in [0.2, 0.25) is 0 Å².